The van der Waals surface area contributed by atoms with Gasteiger partial charge in [-0.05, 0) is 17.4 Å². The Labute approximate surface area is 126 Å². The molecule has 0 aromatic carbocycles. The van der Waals surface area contributed by atoms with E-state index >= 15 is 0 Å². The third-order valence-corrected chi connectivity index (χ3v) is 3.66. The van der Waals surface area contributed by atoms with Crippen molar-refractivity contribution in [3.8, 4) is 0 Å². The number of hydrogen-bond acceptors (Lipinski definition) is 5. The van der Waals surface area contributed by atoms with Crippen molar-refractivity contribution < 1.29 is 14.6 Å². The molecule has 0 aliphatic rings. The van der Waals surface area contributed by atoms with Crippen molar-refractivity contribution in [1.82, 2.24) is 4.90 Å². The fraction of sp³-hybridized carbons (Fsp3) is 0.733. The van der Waals surface area contributed by atoms with E-state index in [-0.39, 0.29) is 0 Å². The van der Waals surface area contributed by atoms with Gasteiger partial charge in [0.1, 0.15) is 0 Å². The Morgan fingerprint density at radius 2 is 2.15 bits per heavy atom. The molecule has 1 rings (SSSR count). The van der Waals surface area contributed by atoms with Gasteiger partial charge in [-0.25, -0.2) is 0 Å². The molecule has 0 saturated carbocycles. The number of ether oxygens (including phenoxy) is 2. The molecule has 4 nitrogen and oxygen atoms in total. The van der Waals surface area contributed by atoms with Gasteiger partial charge in [-0.1, -0.05) is 19.9 Å². The van der Waals surface area contributed by atoms with Crippen LogP contribution in [0.25, 0.3) is 0 Å². The quantitative estimate of drug-likeness (QED) is 0.680. The van der Waals surface area contributed by atoms with Crippen molar-refractivity contribution in [2.24, 2.45) is 5.92 Å². The number of aliphatic hydroxyl groups excluding tert-OH is 1. The lowest BCUT2D eigenvalue weighted by Crippen LogP contribution is -2.36. The SMILES string of the molecule is COCCN(Cc1cccs1)CC(O)COCC(C)C. The molecule has 20 heavy (non-hydrogen) atoms. The molecule has 1 heterocycles. The summed E-state index contributed by atoms with van der Waals surface area (Å²) >= 11 is 1.74. The second-order valence-corrected chi connectivity index (χ2v) is 6.42. The Morgan fingerprint density at radius 3 is 2.75 bits per heavy atom. The highest BCUT2D eigenvalue weighted by atomic mass is 32.1. The molecule has 0 spiro atoms. The topological polar surface area (TPSA) is 41.9 Å². The van der Waals surface area contributed by atoms with E-state index in [4.69, 9.17) is 9.47 Å². The smallest absolute Gasteiger partial charge is 0.0900 e. The van der Waals surface area contributed by atoms with E-state index in [0.717, 1.165) is 13.1 Å². The summed E-state index contributed by atoms with van der Waals surface area (Å²) in [6.45, 7) is 8.25. The number of nitrogens with zero attached hydrogens (tertiary/aromatic N) is 1. The first kappa shape index (κ1) is 17.6. The summed E-state index contributed by atoms with van der Waals surface area (Å²) in [4.78, 5) is 3.51. The third-order valence-electron chi connectivity index (χ3n) is 2.80. The molecule has 1 aromatic heterocycles. The van der Waals surface area contributed by atoms with E-state index in [1.165, 1.54) is 4.88 Å². The summed E-state index contributed by atoms with van der Waals surface area (Å²) in [6.07, 6.45) is -0.453. The van der Waals surface area contributed by atoms with Crippen LogP contribution < -0.4 is 0 Å². The van der Waals surface area contributed by atoms with Crippen molar-refractivity contribution >= 4 is 11.3 Å². The van der Waals surface area contributed by atoms with Gasteiger partial charge >= 0.3 is 0 Å². The fourth-order valence-electron chi connectivity index (χ4n) is 1.87. The minimum absolute atomic E-state index is 0.395. The van der Waals surface area contributed by atoms with Gasteiger partial charge in [0.15, 0.2) is 0 Å². The first-order valence-electron chi connectivity index (χ1n) is 7.11. The minimum Gasteiger partial charge on any atom is -0.389 e. The van der Waals surface area contributed by atoms with Gasteiger partial charge in [-0.2, -0.15) is 0 Å². The summed E-state index contributed by atoms with van der Waals surface area (Å²) in [5, 5.41) is 12.1. The van der Waals surface area contributed by atoms with Crippen LogP contribution in [0.15, 0.2) is 17.5 Å². The second kappa shape index (κ2) is 10.3. The third kappa shape index (κ3) is 7.97. The highest BCUT2D eigenvalue weighted by molar-refractivity contribution is 7.09. The molecule has 116 valence electrons. The first-order valence-corrected chi connectivity index (χ1v) is 7.99. The van der Waals surface area contributed by atoms with E-state index in [0.29, 0.717) is 32.3 Å². The standard InChI is InChI=1S/C15H27NO3S/c1-13(2)11-19-12-14(17)9-16(6-7-18-3)10-15-5-4-8-20-15/h4-5,8,13-14,17H,6-7,9-12H2,1-3H3. The van der Waals surface area contributed by atoms with Gasteiger partial charge in [0, 0.05) is 38.2 Å². The largest absolute Gasteiger partial charge is 0.389 e. The van der Waals surface area contributed by atoms with Crippen LogP contribution in [-0.4, -0.2) is 56.1 Å². The average Bonchev–Trinajstić information content (AvgIpc) is 2.88. The van der Waals surface area contributed by atoms with Crippen molar-refractivity contribution in [2.75, 3.05) is 40.0 Å². The molecule has 1 aromatic rings. The normalized spacial score (nSPS) is 13.3. The van der Waals surface area contributed by atoms with Gasteiger partial charge in [-0.15, -0.1) is 11.3 Å². The molecule has 0 aliphatic carbocycles. The monoisotopic (exact) mass is 301 g/mol. The van der Waals surface area contributed by atoms with Crippen molar-refractivity contribution in [1.29, 1.82) is 0 Å². The number of hydrogen-bond donors (Lipinski definition) is 1. The molecule has 0 aliphatic heterocycles. The van der Waals surface area contributed by atoms with Crippen molar-refractivity contribution in [2.45, 2.75) is 26.5 Å². The lowest BCUT2D eigenvalue weighted by molar-refractivity contribution is 0.00352. The maximum absolute atomic E-state index is 10.1. The zero-order valence-corrected chi connectivity index (χ0v) is 13.6. The molecule has 5 heteroatoms. The zero-order chi connectivity index (χ0) is 14.8. The first-order chi connectivity index (χ1) is 9.61. The molecular weight excluding hydrogens is 274 g/mol. The fourth-order valence-corrected chi connectivity index (χ4v) is 2.61. The molecule has 0 saturated heterocycles. The van der Waals surface area contributed by atoms with Crippen LogP contribution in [0.4, 0.5) is 0 Å². The van der Waals surface area contributed by atoms with Gasteiger partial charge in [0.25, 0.3) is 0 Å². The Balaban J connectivity index is 2.34. The van der Waals surface area contributed by atoms with Crippen LogP contribution >= 0.6 is 11.3 Å². The van der Waals surface area contributed by atoms with Gasteiger partial charge < -0.3 is 14.6 Å². The summed E-state index contributed by atoms with van der Waals surface area (Å²) in [6, 6.07) is 4.17. The predicted octanol–water partition coefficient (Wildman–Crippen LogP) is 2.23. The maximum Gasteiger partial charge on any atom is 0.0900 e. The summed E-state index contributed by atoms with van der Waals surface area (Å²) in [5.74, 6) is 0.498. The van der Waals surface area contributed by atoms with Gasteiger partial charge in [0.2, 0.25) is 0 Å². The summed E-state index contributed by atoms with van der Waals surface area (Å²) in [5.41, 5.74) is 0. The van der Waals surface area contributed by atoms with E-state index in [1.54, 1.807) is 18.4 Å². The molecule has 1 N–H and O–H groups in total. The van der Waals surface area contributed by atoms with E-state index in [1.807, 2.05) is 0 Å². The van der Waals surface area contributed by atoms with Crippen LogP contribution in [0.5, 0.6) is 0 Å². The van der Waals surface area contributed by atoms with Crippen LogP contribution in [-0.2, 0) is 16.0 Å². The average molecular weight is 301 g/mol. The highest BCUT2D eigenvalue weighted by Gasteiger charge is 2.13. The summed E-state index contributed by atoms with van der Waals surface area (Å²) in [7, 11) is 1.70. The van der Waals surface area contributed by atoms with E-state index in [9.17, 15) is 5.11 Å². The number of methoxy groups -OCH3 is 1. The molecule has 0 fully saturated rings. The van der Waals surface area contributed by atoms with Crippen LogP contribution in [0.2, 0.25) is 0 Å². The predicted molar refractivity (Wildman–Crippen MR) is 83.1 cm³/mol. The Morgan fingerprint density at radius 1 is 1.35 bits per heavy atom. The highest BCUT2D eigenvalue weighted by Crippen LogP contribution is 2.12. The van der Waals surface area contributed by atoms with Crippen molar-refractivity contribution in [3.05, 3.63) is 22.4 Å². The van der Waals surface area contributed by atoms with Gasteiger partial charge in [-0.3, -0.25) is 4.90 Å². The second-order valence-electron chi connectivity index (χ2n) is 5.39. The Hall–Kier alpha value is -0.460. The van der Waals surface area contributed by atoms with E-state index < -0.39 is 6.10 Å². The molecular formula is C15H27NO3S. The maximum atomic E-state index is 10.1. The van der Waals surface area contributed by atoms with Crippen LogP contribution in [0, 0.1) is 5.92 Å². The van der Waals surface area contributed by atoms with E-state index in [2.05, 4.69) is 36.3 Å². The number of rotatable bonds is 11. The Bertz CT molecular complexity index is 330. The molecule has 1 atom stereocenters. The molecule has 0 amide bonds. The lowest BCUT2D eigenvalue weighted by Gasteiger charge is -2.24. The van der Waals surface area contributed by atoms with Crippen molar-refractivity contribution in [3.63, 3.8) is 0 Å². The Kier molecular flexibility index (Phi) is 9.05. The molecule has 0 radical (unpaired) electrons. The van der Waals surface area contributed by atoms with Crippen LogP contribution in [0.3, 0.4) is 0 Å². The lowest BCUT2D eigenvalue weighted by atomic mass is 10.2. The molecule has 1 unspecified atom stereocenters. The number of thiophene rings is 1. The zero-order valence-electron chi connectivity index (χ0n) is 12.7. The van der Waals surface area contributed by atoms with Gasteiger partial charge in [0.05, 0.1) is 19.3 Å². The molecule has 0 bridgehead atoms. The number of aliphatic hydroxyl groups is 1. The van der Waals surface area contributed by atoms with Crippen LogP contribution in [0.1, 0.15) is 18.7 Å². The summed E-state index contributed by atoms with van der Waals surface area (Å²) < 4.78 is 10.6. The minimum atomic E-state index is -0.453.